The van der Waals surface area contributed by atoms with E-state index in [1.165, 1.54) is 66.3 Å². The highest BCUT2D eigenvalue weighted by Gasteiger charge is 2.23. The largest absolute Gasteiger partial charge is 0.494 e. The molecule has 1 saturated carbocycles. The second kappa shape index (κ2) is 14.5. The number of ether oxygens (including phenoxy) is 3. The van der Waals surface area contributed by atoms with Crippen molar-refractivity contribution in [3.05, 3.63) is 64.2 Å². The Morgan fingerprint density at radius 2 is 1.44 bits per heavy atom. The molecule has 0 amide bonds. The third-order valence-corrected chi connectivity index (χ3v) is 7.32. The lowest BCUT2D eigenvalue weighted by Crippen LogP contribution is -2.21. The van der Waals surface area contributed by atoms with Crippen LogP contribution in [-0.4, -0.2) is 33.0 Å². The highest BCUT2D eigenvalue weighted by Crippen LogP contribution is 2.35. The van der Waals surface area contributed by atoms with Crippen molar-refractivity contribution in [1.82, 2.24) is 0 Å². The predicted octanol–water partition coefficient (Wildman–Crippen LogP) is 7.93. The van der Waals surface area contributed by atoms with Gasteiger partial charge in [0.2, 0.25) is 0 Å². The van der Waals surface area contributed by atoms with Gasteiger partial charge in [-0.1, -0.05) is 44.0 Å². The highest BCUT2D eigenvalue weighted by molar-refractivity contribution is 5.41. The maximum atomic E-state index is 6.11. The van der Waals surface area contributed by atoms with Crippen LogP contribution in [0, 0.1) is 13.8 Å². The van der Waals surface area contributed by atoms with Gasteiger partial charge in [0, 0.05) is 20.3 Å². The van der Waals surface area contributed by atoms with Gasteiger partial charge in [0.05, 0.1) is 12.7 Å². The standard InChI is InChI=1S/C31H46O3/c1-5-6-7-19-34-31-17-14-28(25(3)22-31)23-27-10-11-29(21-24(27)2)26-12-15-30(16-13-26)33-20-9-8-18-32-4/h10-11,14,17,21-22,26,30H,5-9,12-13,15-16,18-20,23H2,1-4H3. The van der Waals surface area contributed by atoms with Crippen molar-refractivity contribution in [3.63, 3.8) is 0 Å². The molecule has 0 aromatic heterocycles. The molecule has 2 aromatic rings. The van der Waals surface area contributed by atoms with Crippen LogP contribution >= 0.6 is 0 Å². The average Bonchev–Trinajstić information content (AvgIpc) is 2.85. The van der Waals surface area contributed by atoms with Crippen LogP contribution in [0.3, 0.4) is 0 Å². The molecule has 1 fully saturated rings. The van der Waals surface area contributed by atoms with Crippen LogP contribution in [0.1, 0.15) is 98.4 Å². The van der Waals surface area contributed by atoms with E-state index in [4.69, 9.17) is 14.2 Å². The van der Waals surface area contributed by atoms with Gasteiger partial charge in [0.15, 0.2) is 0 Å². The number of unbranched alkanes of at least 4 members (excludes halogenated alkanes) is 3. The topological polar surface area (TPSA) is 27.7 Å². The summed E-state index contributed by atoms with van der Waals surface area (Å²) in [6.45, 7) is 9.22. The van der Waals surface area contributed by atoms with Crippen LogP contribution in [0.25, 0.3) is 0 Å². The molecule has 0 spiro atoms. The zero-order valence-corrected chi connectivity index (χ0v) is 22.0. The fraction of sp³-hybridized carbons (Fsp3) is 0.613. The Morgan fingerprint density at radius 1 is 0.765 bits per heavy atom. The molecule has 34 heavy (non-hydrogen) atoms. The summed E-state index contributed by atoms with van der Waals surface area (Å²) in [6, 6.07) is 13.7. The van der Waals surface area contributed by atoms with E-state index in [0.717, 1.165) is 51.3 Å². The minimum Gasteiger partial charge on any atom is -0.494 e. The zero-order valence-electron chi connectivity index (χ0n) is 22.0. The van der Waals surface area contributed by atoms with Crippen molar-refractivity contribution in [2.24, 2.45) is 0 Å². The lowest BCUT2D eigenvalue weighted by atomic mass is 9.81. The molecule has 0 heterocycles. The molecule has 0 atom stereocenters. The fourth-order valence-electron chi connectivity index (χ4n) is 5.04. The normalized spacial score (nSPS) is 18.2. The predicted molar refractivity (Wildman–Crippen MR) is 142 cm³/mol. The van der Waals surface area contributed by atoms with Crippen molar-refractivity contribution >= 4 is 0 Å². The second-order valence-electron chi connectivity index (χ2n) is 10.1. The first-order chi connectivity index (χ1) is 16.6. The maximum Gasteiger partial charge on any atom is 0.119 e. The van der Waals surface area contributed by atoms with Gasteiger partial charge >= 0.3 is 0 Å². The van der Waals surface area contributed by atoms with Gasteiger partial charge in [-0.05, 0) is 111 Å². The van der Waals surface area contributed by atoms with E-state index in [9.17, 15) is 0 Å². The summed E-state index contributed by atoms with van der Waals surface area (Å²) < 4.78 is 17.2. The monoisotopic (exact) mass is 466 g/mol. The Hall–Kier alpha value is -1.84. The molecule has 188 valence electrons. The van der Waals surface area contributed by atoms with Crippen LogP contribution in [-0.2, 0) is 15.9 Å². The molecule has 1 aliphatic carbocycles. The van der Waals surface area contributed by atoms with E-state index < -0.39 is 0 Å². The van der Waals surface area contributed by atoms with Crippen LogP contribution < -0.4 is 4.74 Å². The van der Waals surface area contributed by atoms with E-state index in [0.29, 0.717) is 12.0 Å². The maximum absolute atomic E-state index is 6.11. The molecule has 0 saturated heterocycles. The third kappa shape index (κ3) is 8.43. The minimum absolute atomic E-state index is 0.445. The molecule has 0 unspecified atom stereocenters. The van der Waals surface area contributed by atoms with E-state index >= 15 is 0 Å². The van der Waals surface area contributed by atoms with E-state index in [1.54, 1.807) is 7.11 Å². The second-order valence-corrected chi connectivity index (χ2v) is 10.1. The lowest BCUT2D eigenvalue weighted by Gasteiger charge is -2.29. The Kier molecular flexibility index (Phi) is 11.4. The number of aryl methyl sites for hydroxylation is 2. The Balaban J connectivity index is 1.49. The summed E-state index contributed by atoms with van der Waals surface area (Å²) >= 11 is 0. The first-order valence-corrected chi connectivity index (χ1v) is 13.5. The average molecular weight is 467 g/mol. The van der Waals surface area contributed by atoms with E-state index in [1.807, 2.05) is 0 Å². The molecule has 2 aromatic carbocycles. The highest BCUT2D eigenvalue weighted by atomic mass is 16.5. The fourth-order valence-corrected chi connectivity index (χ4v) is 5.04. The van der Waals surface area contributed by atoms with Gasteiger partial charge in [0.1, 0.15) is 5.75 Å². The van der Waals surface area contributed by atoms with Gasteiger partial charge in [-0.15, -0.1) is 0 Å². The number of rotatable bonds is 14. The van der Waals surface area contributed by atoms with Crippen molar-refractivity contribution in [3.8, 4) is 5.75 Å². The van der Waals surface area contributed by atoms with Crippen molar-refractivity contribution in [2.75, 3.05) is 26.9 Å². The van der Waals surface area contributed by atoms with Crippen LogP contribution in [0.4, 0.5) is 0 Å². The molecular formula is C31H46O3. The van der Waals surface area contributed by atoms with E-state index in [-0.39, 0.29) is 0 Å². The van der Waals surface area contributed by atoms with Gasteiger partial charge in [-0.3, -0.25) is 0 Å². The summed E-state index contributed by atoms with van der Waals surface area (Å²) in [5.41, 5.74) is 7.05. The van der Waals surface area contributed by atoms with Gasteiger partial charge in [0.25, 0.3) is 0 Å². The smallest absolute Gasteiger partial charge is 0.119 e. The molecule has 0 radical (unpaired) electrons. The molecule has 0 N–H and O–H groups in total. The van der Waals surface area contributed by atoms with Crippen molar-refractivity contribution in [1.29, 1.82) is 0 Å². The quantitative estimate of drug-likeness (QED) is 0.265. The summed E-state index contributed by atoms with van der Waals surface area (Å²) in [5, 5.41) is 0. The molecule has 3 heteroatoms. The van der Waals surface area contributed by atoms with Gasteiger partial charge in [-0.2, -0.15) is 0 Å². The Bertz CT molecular complexity index is 852. The molecule has 3 nitrogen and oxygen atoms in total. The number of benzene rings is 2. The van der Waals surface area contributed by atoms with Crippen LogP contribution in [0.15, 0.2) is 36.4 Å². The molecule has 0 aliphatic heterocycles. The van der Waals surface area contributed by atoms with Gasteiger partial charge in [-0.25, -0.2) is 0 Å². The van der Waals surface area contributed by atoms with E-state index in [2.05, 4.69) is 57.2 Å². The minimum atomic E-state index is 0.445. The summed E-state index contributed by atoms with van der Waals surface area (Å²) in [4.78, 5) is 0. The number of hydrogen-bond donors (Lipinski definition) is 0. The molecule has 1 aliphatic rings. The first kappa shape index (κ1) is 26.8. The Labute approximate surface area is 208 Å². The summed E-state index contributed by atoms with van der Waals surface area (Å²) in [6.07, 6.45) is 12.0. The zero-order chi connectivity index (χ0) is 24.2. The molecule has 3 rings (SSSR count). The Morgan fingerprint density at radius 3 is 2.12 bits per heavy atom. The van der Waals surface area contributed by atoms with Crippen LogP contribution in [0.2, 0.25) is 0 Å². The lowest BCUT2D eigenvalue weighted by molar-refractivity contribution is 0.0205. The number of hydrogen-bond acceptors (Lipinski definition) is 3. The summed E-state index contributed by atoms with van der Waals surface area (Å²) in [5.74, 6) is 1.67. The third-order valence-electron chi connectivity index (χ3n) is 7.32. The number of methoxy groups -OCH3 is 1. The van der Waals surface area contributed by atoms with Gasteiger partial charge < -0.3 is 14.2 Å². The molecule has 0 bridgehead atoms. The van der Waals surface area contributed by atoms with Crippen molar-refractivity contribution in [2.45, 2.75) is 97.0 Å². The SMILES string of the molecule is CCCCCOc1ccc(Cc2ccc(C3CCC(OCCCCOC)CC3)cc2C)c(C)c1. The summed E-state index contributed by atoms with van der Waals surface area (Å²) in [7, 11) is 1.76. The first-order valence-electron chi connectivity index (χ1n) is 13.5. The van der Waals surface area contributed by atoms with Crippen molar-refractivity contribution < 1.29 is 14.2 Å². The molecular weight excluding hydrogens is 420 g/mol. The van der Waals surface area contributed by atoms with Crippen LogP contribution in [0.5, 0.6) is 5.75 Å².